The van der Waals surface area contributed by atoms with Crippen LogP contribution in [-0.2, 0) is 25.6 Å². The lowest BCUT2D eigenvalue weighted by Crippen LogP contribution is -2.47. The van der Waals surface area contributed by atoms with E-state index in [0.717, 1.165) is 11.3 Å². The molecule has 2 amide bonds. The zero-order chi connectivity index (χ0) is 19.3. The van der Waals surface area contributed by atoms with E-state index in [9.17, 15) is 9.59 Å². The van der Waals surface area contributed by atoms with Gasteiger partial charge in [0, 0.05) is 57.9 Å². The lowest BCUT2D eigenvalue weighted by atomic mass is 10.0. The standard InChI is InChI=1S/C20H28N2O5/c1-16(23)22(15-17-5-3-4-6-18(17)25-2)10-7-19(24)21-11-8-20(9-12-21)26-13-14-27-20/h3-6H,7-15H2,1-2H3. The Morgan fingerprint density at radius 1 is 1.19 bits per heavy atom. The van der Waals surface area contributed by atoms with Gasteiger partial charge in [-0.2, -0.15) is 0 Å². The predicted molar refractivity (Wildman–Crippen MR) is 99.2 cm³/mol. The summed E-state index contributed by atoms with van der Waals surface area (Å²) >= 11 is 0. The SMILES string of the molecule is COc1ccccc1CN(CCC(=O)N1CCC2(CC1)OCCO2)C(C)=O. The molecule has 2 saturated heterocycles. The molecule has 0 bridgehead atoms. The summed E-state index contributed by atoms with van der Waals surface area (Å²) in [6.45, 7) is 4.86. The monoisotopic (exact) mass is 376 g/mol. The molecule has 2 fully saturated rings. The fourth-order valence-electron chi connectivity index (χ4n) is 3.66. The summed E-state index contributed by atoms with van der Waals surface area (Å²) in [6.07, 6.45) is 1.72. The second-order valence-electron chi connectivity index (χ2n) is 6.99. The molecule has 1 aromatic carbocycles. The van der Waals surface area contributed by atoms with Crippen LogP contribution in [0.2, 0.25) is 0 Å². The molecule has 148 valence electrons. The number of hydrogen-bond donors (Lipinski definition) is 0. The minimum Gasteiger partial charge on any atom is -0.496 e. The van der Waals surface area contributed by atoms with Crippen LogP contribution < -0.4 is 4.74 Å². The van der Waals surface area contributed by atoms with Crippen molar-refractivity contribution in [2.24, 2.45) is 0 Å². The van der Waals surface area contributed by atoms with Crippen LogP contribution in [0.3, 0.4) is 0 Å². The first-order valence-electron chi connectivity index (χ1n) is 9.46. The zero-order valence-electron chi connectivity index (χ0n) is 16.1. The first-order chi connectivity index (χ1) is 13.0. The molecule has 1 aromatic rings. The minimum absolute atomic E-state index is 0.0564. The number of nitrogens with zero attached hydrogens (tertiary/aromatic N) is 2. The largest absolute Gasteiger partial charge is 0.496 e. The molecule has 0 aliphatic carbocycles. The van der Waals surface area contributed by atoms with E-state index in [1.54, 1.807) is 12.0 Å². The summed E-state index contributed by atoms with van der Waals surface area (Å²) < 4.78 is 16.8. The number of likely N-dealkylation sites (tertiary alicyclic amines) is 1. The van der Waals surface area contributed by atoms with Crippen LogP contribution in [-0.4, -0.2) is 67.4 Å². The minimum atomic E-state index is -0.480. The first-order valence-corrected chi connectivity index (χ1v) is 9.46. The lowest BCUT2D eigenvalue weighted by molar-refractivity contribution is -0.187. The molecule has 0 atom stereocenters. The van der Waals surface area contributed by atoms with E-state index in [0.29, 0.717) is 58.7 Å². The van der Waals surface area contributed by atoms with Crippen molar-refractivity contribution in [1.82, 2.24) is 9.80 Å². The summed E-state index contributed by atoms with van der Waals surface area (Å²) in [6, 6.07) is 7.61. The highest BCUT2D eigenvalue weighted by Gasteiger charge is 2.40. The van der Waals surface area contributed by atoms with Gasteiger partial charge in [0.1, 0.15) is 5.75 Å². The number of rotatable bonds is 6. The van der Waals surface area contributed by atoms with Crippen molar-refractivity contribution in [3.63, 3.8) is 0 Å². The van der Waals surface area contributed by atoms with Crippen LogP contribution in [0.15, 0.2) is 24.3 Å². The van der Waals surface area contributed by atoms with Crippen LogP contribution in [0.5, 0.6) is 5.75 Å². The molecular weight excluding hydrogens is 348 g/mol. The zero-order valence-corrected chi connectivity index (χ0v) is 16.1. The van der Waals surface area contributed by atoms with E-state index in [4.69, 9.17) is 14.2 Å². The number of benzene rings is 1. The van der Waals surface area contributed by atoms with Crippen LogP contribution in [0.1, 0.15) is 31.7 Å². The molecule has 0 radical (unpaired) electrons. The van der Waals surface area contributed by atoms with Crippen molar-refractivity contribution in [3.05, 3.63) is 29.8 Å². The van der Waals surface area contributed by atoms with E-state index in [1.165, 1.54) is 6.92 Å². The van der Waals surface area contributed by atoms with Crippen LogP contribution in [0.25, 0.3) is 0 Å². The van der Waals surface area contributed by atoms with E-state index in [2.05, 4.69) is 0 Å². The molecule has 1 spiro atoms. The van der Waals surface area contributed by atoms with Crippen molar-refractivity contribution in [2.75, 3.05) is 40.0 Å². The number of hydrogen-bond acceptors (Lipinski definition) is 5. The first kappa shape index (κ1) is 19.6. The molecule has 0 unspecified atom stereocenters. The maximum absolute atomic E-state index is 12.6. The van der Waals surface area contributed by atoms with Gasteiger partial charge in [0.15, 0.2) is 5.79 Å². The maximum Gasteiger partial charge on any atom is 0.224 e. The number of amides is 2. The Kier molecular flexibility index (Phi) is 6.34. The van der Waals surface area contributed by atoms with E-state index in [-0.39, 0.29) is 11.8 Å². The summed E-state index contributed by atoms with van der Waals surface area (Å²) in [5.74, 6) is 0.271. The number of carbonyl (C=O) groups is 2. The van der Waals surface area contributed by atoms with Gasteiger partial charge in [0.05, 0.1) is 20.3 Å². The van der Waals surface area contributed by atoms with E-state index < -0.39 is 5.79 Å². The highest BCUT2D eigenvalue weighted by molar-refractivity contribution is 5.78. The Labute approximate surface area is 160 Å². The van der Waals surface area contributed by atoms with Gasteiger partial charge in [-0.05, 0) is 6.07 Å². The van der Waals surface area contributed by atoms with Gasteiger partial charge in [-0.3, -0.25) is 9.59 Å². The highest BCUT2D eigenvalue weighted by Crippen LogP contribution is 2.31. The Balaban J connectivity index is 1.52. The van der Waals surface area contributed by atoms with E-state index >= 15 is 0 Å². The van der Waals surface area contributed by atoms with Gasteiger partial charge < -0.3 is 24.0 Å². The van der Waals surface area contributed by atoms with Crippen molar-refractivity contribution < 1.29 is 23.8 Å². The van der Waals surface area contributed by atoms with Gasteiger partial charge in [0.2, 0.25) is 11.8 Å². The van der Waals surface area contributed by atoms with Crippen molar-refractivity contribution in [2.45, 2.75) is 38.5 Å². The molecule has 2 aliphatic rings. The van der Waals surface area contributed by atoms with E-state index in [1.807, 2.05) is 29.2 Å². The van der Waals surface area contributed by atoms with Crippen LogP contribution >= 0.6 is 0 Å². The normalized spacial score (nSPS) is 18.5. The van der Waals surface area contributed by atoms with Gasteiger partial charge in [-0.15, -0.1) is 0 Å². The average Bonchev–Trinajstić information content (AvgIpc) is 3.13. The second-order valence-corrected chi connectivity index (χ2v) is 6.99. The molecule has 7 nitrogen and oxygen atoms in total. The molecule has 3 rings (SSSR count). The lowest BCUT2D eigenvalue weighted by Gasteiger charge is -2.37. The molecule has 0 aromatic heterocycles. The molecule has 2 heterocycles. The third-order valence-corrected chi connectivity index (χ3v) is 5.29. The molecule has 7 heteroatoms. The average molecular weight is 376 g/mol. The fourth-order valence-corrected chi connectivity index (χ4v) is 3.66. The van der Waals surface area contributed by atoms with Gasteiger partial charge in [0.25, 0.3) is 0 Å². The molecular formula is C20H28N2O5. The Hall–Kier alpha value is -2.12. The van der Waals surface area contributed by atoms with Gasteiger partial charge in [-0.1, -0.05) is 18.2 Å². The van der Waals surface area contributed by atoms with Crippen LogP contribution in [0.4, 0.5) is 0 Å². The summed E-state index contributed by atoms with van der Waals surface area (Å²) in [4.78, 5) is 28.1. The molecule has 0 N–H and O–H groups in total. The smallest absolute Gasteiger partial charge is 0.224 e. The fraction of sp³-hybridized carbons (Fsp3) is 0.600. The quantitative estimate of drug-likeness (QED) is 0.757. The number of methoxy groups -OCH3 is 1. The second kappa shape index (κ2) is 8.71. The number of carbonyl (C=O) groups excluding carboxylic acids is 2. The summed E-state index contributed by atoms with van der Waals surface area (Å²) in [5.41, 5.74) is 0.929. The van der Waals surface area contributed by atoms with Crippen molar-refractivity contribution >= 4 is 11.8 Å². The van der Waals surface area contributed by atoms with Crippen molar-refractivity contribution in [1.29, 1.82) is 0 Å². The topological polar surface area (TPSA) is 68.3 Å². The molecule has 2 aliphatic heterocycles. The number of para-hydroxylation sites is 1. The Morgan fingerprint density at radius 3 is 2.48 bits per heavy atom. The molecule has 0 saturated carbocycles. The highest BCUT2D eigenvalue weighted by atomic mass is 16.7. The maximum atomic E-state index is 12.6. The molecule has 27 heavy (non-hydrogen) atoms. The number of ether oxygens (including phenoxy) is 3. The predicted octanol–water partition coefficient (Wildman–Crippen LogP) is 1.80. The Bertz CT molecular complexity index is 662. The van der Waals surface area contributed by atoms with Gasteiger partial charge >= 0.3 is 0 Å². The summed E-state index contributed by atoms with van der Waals surface area (Å²) in [7, 11) is 1.61. The number of piperidine rings is 1. The third kappa shape index (κ3) is 4.78. The Morgan fingerprint density at radius 2 is 1.85 bits per heavy atom. The van der Waals surface area contributed by atoms with Crippen LogP contribution in [0, 0.1) is 0 Å². The third-order valence-electron chi connectivity index (χ3n) is 5.29. The van der Waals surface area contributed by atoms with Crippen molar-refractivity contribution in [3.8, 4) is 5.75 Å². The summed E-state index contributed by atoms with van der Waals surface area (Å²) in [5, 5.41) is 0. The van der Waals surface area contributed by atoms with Gasteiger partial charge in [-0.25, -0.2) is 0 Å².